The second-order valence-corrected chi connectivity index (χ2v) is 5.59. The molecule has 0 radical (unpaired) electrons. The van der Waals surface area contributed by atoms with Crippen molar-refractivity contribution in [1.29, 1.82) is 0 Å². The summed E-state index contributed by atoms with van der Waals surface area (Å²) in [6, 6.07) is 5.35. The van der Waals surface area contributed by atoms with Crippen molar-refractivity contribution in [3.63, 3.8) is 0 Å². The SMILES string of the molecule is CCOC(=O)C12CC(c3ccc(O)c(N)c3)(C1)C2. The van der Waals surface area contributed by atoms with Gasteiger partial charge >= 0.3 is 5.97 Å². The molecule has 0 spiro atoms. The lowest BCUT2D eigenvalue weighted by Crippen LogP contribution is -2.68. The lowest BCUT2D eigenvalue weighted by molar-refractivity contribution is -0.200. The van der Waals surface area contributed by atoms with Crippen molar-refractivity contribution in [2.24, 2.45) is 5.41 Å². The summed E-state index contributed by atoms with van der Waals surface area (Å²) in [6.45, 7) is 2.28. The molecule has 3 aliphatic rings. The summed E-state index contributed by atoms with van der Waals surface area (Å²) in [5.41, 5.74) is 7.10. The molecule has 0 aromatic heterocycles. The van der Waals surface area contributed by atoms with Gasteiger partial charge in [-0.15, -0.1) is 0 Å². The number of carbonyl (C=O) groups is 1. The van der Waals surface area contributed by atoms with E-state index in [1.165, 1.54) is 0 Å². The standard InChI is InChI=1S/C14H17NO3/c1-2-18-12(17)14-6-13(7-14,8-14)9-3-4-11(16)10(15)5-9/h3-5,16H,2,6-8,15H2,1H3. The van der Waals surface area contributed by atoms with Gasteiger partial charge in [-0.25, -0.2) is 0 Å². The topological polar surface area (TPSA) is 72.5 Å². The van der Waals surface area contributed by atoms with Crippen LogP contribution in [-0.2, 0) is 14.9 Å². The van der Waals surface area contributed by atoms with E-state index in [0.717, 1.165) is 24.8 Å². The Balaban J connectivity index is 1.76. The molecule has 1 aromatic rings. The molecular formula is C14H17NO3. The van der Waals surface area contributed by atoms with Gasteiger partial charge in [0, 0.05) is 0 Å². The lowest BCUT2D eigenvalue weighted by Gasteiger charge is -2.69. The average Bonchev–Trinajstić information content (AvgIpc) is 2.20. The Morgan fingerprint density at radius 3 is 2.67 bits per heavy atom. The van der Waals surface area contributed by atoms with Gasteiger partial charge in [-0.1, -0.05) is 6.07 Å². The van der Waals surface area contributed by atoms with Crippen molar-refractivity contribution in [3.05, 3.63) is 23.8 Å². The van der Waals surface area contributed by atoms with Crippen molar-refractivity contribution in [3.8, 4) is 5.75 Å². The first-order valence-electron chi connectivity index (χ1n) is 6.28. The number of benzene rings is 1. The van der Waals surface area contributed by atoms with Crippen molar-refractivity contribution in [2.75, 3.05) is 12.3 Å². The fourth-order valence-corrected chi connectivity index (χ4v) is 3.48. The number of hydrogen-bond acceptors (Lipinski definition) is 4. The maximum atomic E-state index is 11.8. The maximum absolute atomic E-state index is 11.8. The molecule has 0 atom stereocenters. The third-order valence-corrected chi connectivity index (χ3v) is 4.38. The number of nitrogen functional groups attached to an aromatic ring is 1. The highest BCUT2D eigenvalue weighted by Crippen LogP contribution is 2.74. The van der Waals surface area contributed by atoms with E-state index in [9.17, 15) is 9.90 Å². The van der Waals surface area contributed by atoms with Gasteiger partial charge in [0.2, 0.25) is 0 Å². The Kier molecular flexibility index (Phi) is 2.15. The molecule has 1 aromatic carbocycles. The minimum absolute atomic E-state index is 0.0568. The van der Waals surface area contributed by atoms with Crippen LogP contribution in [0.5, 0.6) is 5.75 Å². The Labute approximate surface area is 106 Å². The first-order valence-corrected chi connectivity index (χ1v) is 6.28. The van der Waals surface area contributed by atoms with E-state index >= 15 is 0 Å². The second kappa shape index (κ2) is 3.40. The number of hydrogen-bond donors (Lipinski definition) is 2. The molecular weight excluding hydrogens is 230 g/mol. The van der Waals surface area contributed by atoms with Crippen LogP contribution in [0.1, 0.15) is 31.7 Å². The van der Waals surface area contributed by atoms with E-state index in [0.29, 0.717) is 12.3 Å². The van der Waals surface area contributed by atoms with Crippen LogP contribution in [0.4, 0.5) is 5.69 Å². The van der Waals surface area contributed by atoms with Gasteiger partial charge in [0.05, 0.1) is 17.7 Å². The van der Waals surface area contributed by atoms with E-state index < -0.39 is 0 Å². The van der Waals surface area contributed by atoms with Crippen molar-refractivity contribution in [1.82, 2.24) is 0 Å². The first-order chi connectivity index (χ1) is 8.51. The molecule has 4 rings (SSSR count). The van der Waals surface area contributed by atoms with Crippen molar-refractivity contribution < 1.29 is 14.6 Å². The molecule has 3 aliphatic carbocycles. The number of carbonyl (C=O) groups excluding carboxylic acids is 1. The predicted molar refractivity (Wildman–Crippen MR) is 67.1 cm³/mol. The highest BCUT2D eigenvalue weighted by atomic mass is 16.5. The molecule has 0 unspecified atom stereocenters. The zero-order valence-corrected chi connectivity index (χ0v) is 10.4. The molecule has 4 heteroatoms. The molecule has 3 saturated carbocycles. The number of anilines is 1. The maximum Gasteiger partial charge on any atom is 0.312 e. The van der Waals surface area contributed by atoms with Gasteiger partial charge in [0.25, 0.3) is 0 Å². The fraction of sp³-hybridized carbons (Fsp3) is 0.500. The van der Waals surface area contributed by atoms with Crippen molar-refractivity contribution in [2.45, 2.75) is 31.6 Å². The number of aromatic hydroxyl groups is 1. The monoisotopic (exact) mass is 247 g/mol. The summed E-state index contributed by atoms with van der Waals surface area (Å²) >= 11 is 0. The van der Waals surface area contributed by atoms with E-state index in [-0.39, 0.29) is 22.5 Å². The number of rotatable bonds is 3. The first kappa shape index (κ1) is 11.4. The number of phenolic OH excluding ortho intramolecular Hbond substituents is 1. The number of phenols is 1. The normalized spacial score (nSPS) is 32.3. The largest absolute Gasteiger partial charge is 0.506 e. The molecule has 0 aliphatic heterocycles. The summed E-state index contributed by atoms with van der Waals surface area (Å²) in [4.78, 5) is 11.8. The molecule has 0 saturated heterocycles. The van der Waals surface area contributed by atoms with Crippen LogP contribution in [-0.4, -0.2) is 17.7 Å². The van der Waals surface area contributed by atoms with E-state index in [2.05, 4.69) is 0 Å². The summed E-state index contributed by atoms with van der Waals surface area (Å²) < 4.78 is 5.11. The van der Waals surface area contributed by atoms with Gasteiger partial charge in [0.1, 0.15) is 5.75 Å². The minimum Gasteiger partial charge on any atom is -0.506 e. The number of esters is 1. The highest BCUT2D eigenvalue weighted by Gasteiger charge is 2.72. The van der Waals surface area contributed by atoms with Crippen LogP contribution in [0.15, 0.2) is 18.2 Å². The van der Waals surface area contributed by atoms with Crippen LogP contribution in [0, 0.1) is 5.41 Å². The molecule has 4 nitrogen and oxygen atoms in total. The number of nitrogens with two attached hydrogens (primary N) is 1. The third-order valence-electron chi connectivity index (χ3n) is 4.38. The van der Waals surface area contributed by atoms with Crippen molar-refractivity contribution >= 4 is 11.7 Å². The van der Waals surface area contributed by atoms with Gasteiger partial charge < -0.3 is 15.6 Å². The summed E-state index contributed by atoms with van der Waals surface area (Å²) in [5, 5.41) is 9.42. The Hall–Kier alpha value is -1.71. The Morgan fingerprint density at radius 2 is 2.11 bits per heavy atom. The molecule has 0 amide bonds. The molecule has 96 valence electrons. The van der Waals surface area contributed by atoms with Crippen LogP contribution >= 0.6 is 0 Å². The Bertz CT molecular complexity index is 504. The van der Waals surface area contributed by atoms with Crippen LogP contribution in [0.3, 0.4) is 0 Å². The second-order valence-electron chi connectivity index (χ2n) is 5.59. The van der Waals surface area contributed by atoms with Crippen LogP contribution in [0.25, 0.3) is 0 Å². The average molecular weight is 247 g/mol. The quantitative estimate of drug-likeness (QED) is 0.486. The minimum atomic E-state index is -0.233. The summed E-state index contributed by atoms with van der Waals surface area (Å²) in [6.07, 6.45) is 2.55. The predicted octanol–water partition coefficient (Wildman–Crippen LogP) is 1.96. The van der Waals surface area contributed by atoms with Gasteiger partial charge in [0.15, 0.2) is 0 Å². The highest BCUT2D eigenvalue weighted by molar-refractivity contribution is 5.83. The molecule has 3 N–H and O–H groups in total. The third kappa shape index (κ3) is 1.29. The van der Waals surface area contributed by atoms with E-state index in [1.54, 1.807) is 6.07 Å². The zero-order valence-electron chi connectivity index (χ0n) is 10.4. The lowest BCUT2D eigenvalue weighted by atomic mass is 9.33. The van der Waals surface area contributed by atoms with Gasteiger partial charge in [-0.3, -0.25) is 4.79 Å². The smallest absolute Gasteiger partial charge is 0.312 e. The Morgan fingerprint density at radius 1 is 1.44 bits per heavy atom. The molecule has 2 bridgehead atoms. The molecule has 3 fully saturated rings. The van der Waals surface area contributed by atoms with E-state index in [1.807, 2.05) is 19.1 Å². The molecule has 18 heavy (non-hydrogen) atoms. The molecule has 0 heterocycles. The van der Waals surface area contributed by atoms with Gasteiger partial charge in [-0.2, -0.15) is 0 Å². The number of ether oxygens (including phenoxy) is 1. The van der Waals surface area contributed by atoms with Crippen LogP contribution < -0.4 is 5.73 Å². The summed E-state index contributed by atoms with van der Waals surface area (Å²) in [7, 11) is 0. The van der Waals surface area contributed by atoms with Gasteiger partial charge in [-0.05, 0) is 49.3 Å². The zero-order chi connectivity index (χ0) is 13.0. The summed E-state index contributed by atoms with van der Waals surface area (Å²) in [5.74, 6) is 0.0593. The fourth-order valence-electron chi connectivity index (χ4n) is 3.48. The van der Waals surface area contributed by atoms with Crippen LogP contribution in [0.2, 0.25) is 0 Å². The van der Waals surface area contributed by atoms with E-state index in [4.69, 9.17) is 10.5 Å².